The van der Waals surface area contributed by atoms with Crippen LogP contribution in [0.25, 0.3) is 0 Å². The van der Waals surface area contributed by atoms with E-state index in [0.717, 1.165) is 5.56 Å². The molecule has 0 aliphatic heterocycles. The number of sulfonamides is 1. The van der Waals surface area contributed by atoms with Crippen LogP contribution < -0.4 is 10.0 Å². The van der Waals surface area contributed by atoms with Crippen molar-refractivity contribution in [3.05, 3.63) is 29.8 Å². The molecule has 0 bridgehead atoms. The van der Waals surface area contributed by atoms with E-state index in [2.05, 4.69) is 10.0 Å². The van der Waals surface area contributed by atoms with Gasteiger partial charge in [0.2, 0.25) is 10.0 Å². The molecule has 2 unspecified atom stereocenters. The topological polar surface area (TPSA) is 102 Å². The number of hydrogen-bond donors (Lipinski definition) is 2. The number of esters is 1. The van der Waals surface area contributed by atoms with E-state index in [1.807, 2.05) is 6.92 Å². The summed E-state index contributed by atoms with van der Waals surface area (Å²) in [5.41, 5.74) is 0.459. The summed E-state index contributed by atoms with van der Waals surface area (Å²) in [4.78, 5) is 24.0. The number of carbonyl (C=O) groups excluding carboxylic acids is 2. The van der Waals surface area contributed by atoms with Gasteiger partial charge in [0.15, 0.2) is 6.10 Å². The minimum atomic E-state index is -3.86. The van der Waals surface area contributed by atoms with E-state index in [-0.39, 0.29) is 4.90 Å². The zero-order chi connectivity index (χ0) is 19.4. The van der Waals surface area contributed by atoms with Crippen LogP contribution in [0.1, 0.15) is 40.2 Å². The SMILES string of the molecule is Cc1ccc(S(=O)(=O)NC(C)C(=O)OC(C)C(=O)NC(C)(C)C)cc1. The van der Waals surface area contributed by atoms with Crippen molar-refractivity contribution < 1.29 is 22.7 Å². The van der Waals surface area contributed by atoms with E-state index in [0.29, 0.717) is 0 Å². The normalized spacial score (nSPS) is 14.5. The van der Waals surface area contributed by atoms with Gasteiger partial charge in [-0.2, -0.15) is 4.72 Å². The summed E-state index contributed by atoms with van der Waals surface area (Å²) in [6, 6.07) is 5.10. The van der Waals surface area contributed by atoms with Gasteiger partial charge in [0.1, 0.15) is 6.04 Å². The fraction of sp³-hybridized carbons (Fsp3) is 0.529. The molecule has 0 heterocycles. The molecular weight excluding hydrogens is 344 g/mol. The Kier molecular flexibility index (Phi) is 6.73. The standard InChI is InChI=1S/C17H26N2O5S/c1-11-7-9-14(10-8-11)25(22,23)19-12(2)16(21)24-13(3)15(20)18-17(4,5)6/h7-10,12-13,19H,1-6H3,(H,18,20). The Balaban J connectivity index is 2.70. The minimum Gasteiger partial charge on any atom is -0.451 e. The molecule has 0 saturated heterocycles. The monoisotopic (exact) mass is 370 g/mol. The third-order valence-corrected chi connectivity index (χ3v) is 4.73. The van der Waals surface area contributed by atoms with Crippen molar-refractivity contribution in [2.45, 2.75) is 64.1 Å². The van der Waals surface area contributed by atoms with Gasteiger partial charge in [0.05, 0.1) is 4.90 Å². The molecule has 140 valence electrons. The number of rotatable bonds is 6. The number of carbonyl (C=O) groups is 2. The summed E-state index contributed by atoms with van der Waals surface area (Å²) in [6.45, 7) is 10.0. The predicted molar refractivity (Wildman–Crippen MR) is 94.4 cm³/mol. The largest absolute Gasteiger partial charge is 0.451 e. The number of ether oxygens (including phenoxy) is 1. The minimum absolute atomic E-state index is 0.0521. The lowest BCUT2D eigenvalue weighted by molar-refractivity contribution is -0.156. The number of amides is 1. The zero-order valence-electron chi connectivity index (χ0n) is 15.4. The second kappa shape index (κ2) is 7.97. The Morgan fingerprint density at radius 1 is 1.08 bits per heavy atom. The highest BCUT2D eigenvalue weighted by atomic mass is 32.2. The molecule has 0 aliphatic carbocycles. The van der Waals surface area contributed by atoms with Crippen molar-refractivity contribution in [1.82, 2.24) is 10.0 Å². The van der Waals surface area contributed by atoms with Crippen LogP contribution in [0.4, 0.5) is 0 Å². The average molecular weight is 370 g/mol. The van der Waals surface area contributed by atoms with Crippen molar-refractivity contribution in [3.8, 4) is 0 Å². The quantitative estimate of drug-likeness (QED) is 0.739. The second-order valence-electron chi connectivity index (χ2n) is 6.97. The molecule has 8 heteroatoms. The molecule has 0 radical (unpaired) electrons. The molecule has 0 spiro atoms. The Labute approximate surface area is 149 Å². The molecule has 25 heavy (non-hydrogen) atoms. The van der Waals surface area contributed by atoms with Crippen LogP contribution in [-0.2, 0) is 24.3 Å². The van der Waals surface area contributed by atoms with Crippen LogP contribution >= 0.6 is 0 Å². The predicted octanol–water partition coefficient (Wildman–Crippen LogP) is 1.51. The lowest BCUT2D eigenvalue weighted by atomic mass is 10.1. The van der Waals surface area contributed by atoms with Crippen LogP contribution in [0.2, 0.25) is 0 Å². The molecule has 0 aliphatic rings. The third-order valence-electron chi connectivity index (χ3n) is 3.18. The first-order valence-electron chi connectivity index (χ1n) is 7.93. The second-order valence-corrected chi connectivity index (χ2v) is 8.69. The number of nitrogens with one attached hydrogen (secondary N) is 2. The molecule has 1 aromatic carbocycles. The highest BCUT2D eigenvalue weighted by Gasteiger charge is 2.27. The summed E-state index contributed by atoms with van der Waals surface area (Å²) in [7, 11) is -3.86. The Bertz CT molecular complexity index is 720. The van der Waals surface area contributed by atoms with Crippen LogP contribution in [0.3, 0.4) is 0 Å². The molecule has 2 atom stereocenters. The van der Waals surface area contributed by atoms with Crippen molar-refractivity contribution in [2.75, 3.05) is 0 Å². The van der Waals surface area contributed by atoms with E-state index >= 15 is 0 Å². The van der Waals surface area contributed by atoms with E-state index in [9.17, 15) is 18.0 Å². The van der Waals surface area contributed by atoms with Crippen molar-refractivity contribution in [2.24, 2.45) is 0 Å². The van der Waals surface area contributed by atoms with Crippen LogP contribution in [0.15, 0.2) is 29.2 Å². The van der Waals surface area contributed by atoms with Crippen LogP contribution in [0, 0.1) is 6.92 Å². The summed E-state index contributed by atoms with van der Waals surface area (Å²) in [6.07, 6.45) is -1.03. The summed E-state index contributed by atoms with van der Waals surface area (Å²) < 4.78 is 31.8. The first-order chi connectivity index (χ1) is 11.3. The van der Waals surface area contributed by atoms with Crippen LogP contribution in [0.5, 0.6) is 0 Å². The molecule has 1 rings (SSSR count). The van der Waals surface area contributed by atoms with Gasteiger partial charge < -0.3 is 10.1 Å². The maximum absolute atomic E-state index is 12.3. The van der Waals surface area contributed by atoms with Crippen molar-refractivity contribution in [3.63, 3.8) is 0 Å². The van der Waals surface area contributed by atoms with Gasteiger partial charge in [0, 0.05) is 5.54 Å². The smallest absolute Gasteiger partial charge is 0.324 e. The van der Waals surface area contributed by atoms with Gasteiger partial charge in [-0.15, -0.1) is 0 Å². The first-order valence-corrected chi connectivity index (χ1v) is 9.41. The molecule has 1 amide bonds. The van der Waals surface area contributed by atoms with E-state index in [1.165, 1.54) is 26.0 Å². The Morgan fingerprint density at radius 2 is 1.60 bits per heavy atom. The molecule has 2 N–H and O–H groups in total. The molecule has 0 fully saturated rings. The van der Waals surface area contributed by atoms with Gasteiger partial charge in [-0.25, -0.2) is 8.42 Å². The maximum Gasteiger partial charge on any atom is 0.324 e. The van der Waals surface area contributed by atoms with Gasteiger partial charge in [0.25, 0.3) is 5.91 Å². The van der Waals surface area contributed by atoms with E-state index < -0.39 is 39.6 Å². The van der Waals surface area contributed by atoms with Gasteiger partial charge in [-0.1, -0.05) is 17.7 Å². The third kappa shape index (κ3) is 6.83. The van der Waals surface area contributed by atoms with Gasteiger partial charge >= 0.3 is 5.97 Å². The van der Waals surface area contributed by atoms with Gasteiger partial charge in [-0.3, -0.25) is 9.59 Å². The lowest BCUT2D eigenvalue weighted by Crippen LogP contribution is -2.48. The molecule has 1 aromatic rings. The van der Waals surface area contributed by atoms with Gasteiger partial charge in [-0.05, 0) is 53.7 Å². The average Bonchev–Trinajstić information content (AvgIpc) is 2.45. The summed E-state index contributed by atoms with van der Waals surface area (Å²) >= 11 is 0. The van der Waals surface area contributed by atoms with E-state index in [4.69, 9.17) is 4.74 Å². The lowest BCUT2D eigenvalue weighted by Gasteiger charge is -2.24. The fourth-order valence-electron chi connectivity index (χ4n) is 1.87. The first kappa shape index (κ1) is 21.1. The number of hydrogen-bond acceptors (Lipinski definition) is 5. The maximum atomic E-state index is 12.3. The van der Waals surface area contributed by atoms with E-state index in [1.54, 1.807) is 32.9 Å². The zero-order valence-corrected chi connectivity index (χ0v) is 16.2. The Morgan fingerprint density at radius 3 is 2.08 bits per heavy atom. The summed E-state index contributed by atoms with van der Waals surface area (Å²) in [5, 5.41) is 2.69. The van der Waals surface area contributed by atoms with Crippen LogP contribution in [-0.4, -0.2) is 38.0 Å². The number of benzene rings is 1. The highest BCUT2D eigenvalue weighted by molar-refractivity contribution is 7.89. The molecule has 0 aromatic heterocycles. The molecular formula is C17H26N2O5S. The highest BCUT2D eigenvalue weighted by Crippen LogP contribution is 2.11. The number of aryl methyl sites for hydroxylation is 1. The summed E-state index contributed by atoms with van der Waals surface area (Å²) in [5.74, 6) is -1.28. The fourth-order valence-corrected chi connectivity index (χ4v) is 3.06. The molecule has 7 nitrogen and oxygen atoms in total. The molecule has 0 saturated carbocycles. The van der Waals surface area contributed by atoms with Crippen molar-refractivity contribution >= 4 is 21.9 Å². The van der Waals surface area contributed by atoms with Crippen molar-refractivity contribution in [1.29, 1.82) is 0 Å². The Hall–Kier alpha value is -1.93.